The number of hydrogen-bond acceptors (Lipinski definition) is 2. The van der Waals surface area contributed by atoms with Gasteiger partial charge in [-0.05, 0) is 12.8 Å². The highest BCUT2D eigenvalue weighted by Crippen LogP contribution is 2.06. The first kappa shape index (κ1) is 11.5. The normalized spacial score (nSPS) is 10.7. The molecule has 0 aromatic carbocycles. The average molecular weight is 169 g/mol. The molecule has 0 amide bonds. The summed E-state index contributed by atoms with van der Waals surface area (Å²) in [5, 5.41) is 8.79. The van der Waals surface area contributed by atoms with Crippen molar-refractivity contribution in [2.75, 3.05) is 19.7 Å². The summed E-state index contributed by atoms with van der Waals surface area (Å²) in [6, 6.07) is 0.521. The van der Waals surface area contributed by atoms with Gasteiger partial charge in [-0.25, -0.2) is 0 Å². The molecule has 0 heterocycles. The van der Waals surface area contributed by atoms with Gasteiger partial charge in [0.25, 0.3) is 0 Å². The van der Waals surface area contributed by atoms with Gasteiger partial charge in [0, 0.05) is 12.6 Å². The molecule has 2 heteroatoms. The molecular weight excluding hydrogens is 150 g/mol. The third-order valence-electron chi connectivity index (χ3n) is 2.14. The van der Waals surface area contributed by atoms with Crippen molar-refractivity contribution in [2.24, 2.45) is 0 Å². The third kappa shape index (κ3) is 3.75. The zero-order valence-corrected chi connectivity index (χ0v) is 8.08. The summed E-state index contributed by atoms with van der Waals surface area (Å²) in [5.74, 6) is 2.62. The van der Waals surface area contributed by atoms with Crippen LogP contribution in [0.15, 0.2) is 0 Å². The molecule has 0 saturated carbocycles. The molecule has 2 nitrogen and oxygen atoms in total. The molecule has 0 aromatic rings. The van der Waals surface area contributed by atoms with E-state index in [9.17, 15) is 0 Å². The molecule has 1 N–H and O–H groups in total. The number of hydrogen-bond donors (Lipinski definition) is 1. The molecule has 0 saturated heterocycles. The van der Waals surface area contributed by atoms with Gasteiger partial charge in [0.15, 0.2) is 0 Å². The van der Waals surface area contributed by atoms with Crippen LogP contribution in [0.1, 0.15) is 26.7 Å². The largest absolute Gasteiger partial charge is 0.395 e. The van der Waals surface area contributed by atoms with Crippen LogP contribution in [-0.4, -0.2) is 35.7 Å². The molecule has 0 fully saturated rings. The summed E-state index contributed by atoms with van der Waals surface area (Å²) in [4.78, 5) is 2.15. The highest BCUT2D eigenvalue weighted by Gasteiger charge is 2.12. The van der Waals surface area contributed by atoms with E-state index in [2.05, 4.69) is 24.7 Å². The maximum atomic E-state index is 8.79. The molecule has 0 rings (SSSR count). The van der Waals surface area contributed by atoms with Crippen molar-refractivity contribution in [1.29, 1.82) is 0 Å². The van der Waals surface area contributed by atoms with Gasteiger partial charge in [0.1, 0.15) is 0 Å². The molecule has 0 spiro atoms. The van der Waals surface area contributed by atoms with E-state index in [0.717, 1.165) is 12.8 Å². The Morgan fingerprint density at radius 2 is 2.00 bits per heavy atom. The van der Waals surface area contributed by atoms with Crippen LogP contribution in [0, 0.1) is 12.3 Å². The summed E-state index contributed by atoms with van der Waals surface area (Å²) in [6.07, 6.45) is 7.42. The minimum atomic E-state index is 0.193. The fourth-order valence-electron chi connectivity index (χ4n) is 1.44. The SMILES string of the molecule is C#CCN(CCO)C(CC)CC. The van der Waals surface area contributed by atoms with Crippen molar-refractivity contribution < 1.29 is 5.11 Å². The predicted octanol–water partition coefficient (Wildman–Crippen LogP) is 1.10. The fraction of sp³-hybridized carbons (Fsp3) is 0.800. The lowest BCUT2D eigenvalue weighted by Crippen LogP contribution is -2.36. The Morgan fingerprint density at radius 1 is 1.42 bits per heavy atom. The number of aliphatic hydroxyl groups is 1. The zero-order chi connectivity index (χ0) is 9.40. The maximum absolute atomic E-state index is 8.79. The molecule has 0 aliphatic carbocycles. The monoisotopic (exact) mass is 169 g/mol. The van der Waals surface area contributed by atoms with Gasteiger partial charge in [0.2, 0.25) is 0 Å². The van der Waals surface area contributed by atoms with E-state index < -0.39 is 0 Å². The molecular formula is C10H19NO. The lowest BCUT2D eigenvalue weighted by atomic mass is 10.1. The molecule has 0 aromatic heterocycles. The summed E-state index contributed by atoms with van der Waals surface area (Å²) < 4.78 is 0. The van der Waals surface area contributed by atoms with Crippen LogP contribution >= 0.6 is 0 Å². The highest BCUT2D eigenvalue weighted by atomic mass is 16.3. The molecule has 70 valence electrons. The molecule has 0 atom stereocenters. The van der Waals surface area contributed by atoms with Gasteiger partial charge in [-0.1, -0.05) is 19.8 Å². The van der Waals surface area contributed by atoms with Gasteiger partial charge in [0.05, 0.1) is 13.2 Å². The first-order valence-electron chi connectivity index (χ1n) is 4.58. The first-order valence-corrected chi connectivity index (χ1v) is 4.58. The smallest absolute Gasteiger partial charge is 0.0602 e. The molecule has 0 radical (unpaired) electrons. The predicted molar refractivity (Wildman–Crippen MR) is 51.9 cm³/mol. The summed E-state index contributed by atoms with van der Waals surface area (Å²) in [6.45, 7) is 5.83. The Labute approximate surface area is 75.6 Å². The third-order valence-corrected chi connectivity index (χ3v) is 2.14. The van der Waals surface area contributed by atoms with Crippen LogP contribution in [0.2, 0.25) is 0 Å². The Bertz CT molecular complexity index is 135. The first-order chi connectivity index (χ1) is 5.79. The van der Waals surface area contributed by atoms with E-state index in [1.165, 1.54) is 0 Å². The Morgan fingerprint density at radius 3 is 2.33 bits per heavy atom. The average Bonchev–Trinajstić information content (AvgIpc) is 2.07. The fourth-order valence-corrected chi connectivity index (χ4v) is 1.44. The van der Waals surface area contributed by atoms with Crippen molar-refractivity contribution >= 4 is 0 Å². The van der Waals surface area contributed by atoms with Crippen LogP contribution in [0.4, 0.5) is 0 Å². The van der Waals surface area contributed by atoms with E-state index in [1.54, 1.807) is 0 Å². The second-order valence-electron chi connectivity index (χ2n) is 2.87. The van der Waals surface area contributed by atoms with E-state index in [0.29, 0.717) is 19.1 Å². The highest BCUT2D eigenvalue weighted by molar-refractivity contribution is 4.89. The van der Waals surface area contributed by atoms with Crippen molar-refractivity contribution in [1.82, 2.24) is 4.90 Å². The lowest BCUT2D eigenvalue weighted by molar-refractivity contribution is 0.159. The summed E-state index contributed by atoms with van der Waals surface area (Å²) in [5.41, 5.74) is 0. The Kier molecular flexibility index (Phi) is 6.84. The van der Waals surface area contributed by atoms with Gasteiger partial charge in [-0.2, -0.15) is 0 Å². The standard InChI is InChI=1S/C10H19NO/c1-4-7-11(8-9-12)10(5-2)6-3/h1,10,12H,5-9H2,2-3H3. The minimum absolute atomic E-state index is 0.193. The van der Waals surface area contributed by atoms with E-state index in [-0.39, 0.29) is 6.61 Å². The Balaban J connectivity index is 3.97. The summed E-state index contributed by atoms with van der Waals surface area (Å²) in [7, 11) is 0. The summed E-state index contributed by atoms with van der Waals surface area (Å²) >= 11 is 0. The van der Waals surface area contributed by atoms with Gasteiger partial charge in [-0.15, -0.1) is 6.42 Å². The van der Waals surface area contributed by atoms with Crippen molar-refractivity contribution in [3.63, 3.8) is 0 Å². The number of rotatable bonds is 6. The van der Waals surface area contributed by atoms with Crippen molar-refractivity contribution in [3.05, 3.63) is 0 Å². The maximum Gasteiger partial charge on any atom is 0.0602 e. The van der Waals surface area contributed by atoms with Crippen LogP contribution in [-0.2, 0) is 0 Å². The van der Waals surface area contributed by atoms with Crippen molar-refractivity contribution in [2.45, 2.75) is 32.7 Å². The molecule has 0 aliphatic heterocycles. The quantitative estimate of drug-likeness (QED) is 0.602. The second kappa shape index (κ2) is 7.15. The van der Waals surface area contributed by atoms with Crippen LogP contribution < -0.4 is 0 Å². The van der Waals surface area contributed by atoms with E-state index in [1.807, 2.05) is 0 Å². The second-order valence-corrected chi connectivity index (χ2v) is 2.87. The topological polar surface area (TPSA) is 23.5 Å². The minimum Gasteiger partial charge on any atom is -0.395 e. The van der Waals surface area contributed by atoms with Crippen LogP contribution in [0.5, 0.6) is 0 Å². The number of terminal acetylenes is 1. The zero-order valence-electron chi connectivity index (χ0n) is 8.08. The van der Waals surface area contributed by atoms with Crippen LogP contribution in [0.3, 0.4) is 0 Å². The molecule has 0 aliphatic rings. The molecule has 12 heavy (non-hydrogen) atoms. The van der Waals surface area contributed by atoms with Crippen LogP contribution in [0.25, 0.3) is 0 Å². The van der Waals surface area contributed by atoms with Gasteiger partial charge < -0.3 is 5.11 Å². The van der Waals surface area contributed by atoms with Crippen molar-refractivity contribution in [3.8, 4) is 12.3 Å². The number of nitrogens with zero attached hydrogens (tertiary/aromatic N) is 1. The molecule has 0 bridgehead atoms. The number of aliphatic hydroxyl groups excluding tert-OH is 1. The van der Waals surface area contributed by atoms with Gasteiger partial charge >= 0.3 is 0 Å². The Hall–Kier alpha value is -0.520. The molecule has 0 unspecified atom stereocenters. The van der Waals surface area contributed by atoms with E-state index >= 15 is 0 Å². The van der Waals surface area contributed by atoms with E-state index in [4.69, 9.17) is 11.5 Å². The lowest BCUT2D eigenvalue weighted by Gasteiger charge is -2.27. The van der Waals surface area contributed by atoms with Gasteiger partial charge in [-0.3, -0.25) is 4.90 Å².